The Balaban J connectivity index is 2.08. The summed E-state index contributed by atoms with van der Waals surface area (Å²) in [5.41, 5.74) is 0.330. The third-order valence-corrected chi connectivity index (χ3v) is 1.49. The van der Waals surface area contributed by atoms with E-state index in [1.54, 1.807) is 24.4 Å². The van der Waals surface area contributed by atoms with Gasteiger partial charge in [-0.2, -0.15) is 5.10 Å². The van der Waals surface area contributed by atoms with Crippen LogP contribution in [0.4, 0.5) is 5.88 Å². The van der Waals surface area contributed by atoms with Crippen LogP contribution in [0.2, 0.25) is 0 Å². The molecule has 0 aliphatic heterocycles. The van der Waals surface area contributed by atoms with E-state index >= 15 is 0 Å². The highest BCUT2D eigenvalue weighted by atomic mass is 16.3. The molecule has 2 aromatic rings. The predicted molar refractivity (Wildman–Crippen MR) is 45.2 cm³/mol. The van der Waals surface area contributed by atoms with E-state index in [1.807, 2.05) is 0 Å². The zero-order chi connectivity index (χ0) is 9.10. The van der Waals surface area contributed by atoms with E-state index in [2.05, 4.69) is 15.5 Å². The minimum atomic E-state index is -0.295. The van der Waals surface area contributed by atoms with Crippen molar-refractivity contribution in [3.8, 4) is 0 Å². The van der Waals surface area contributed by atoms with E-state index in [-0.39, 0.29) is 5.91 Å². The molecule has 0 unspecified atom stereocenters. The van der Waals surface area contributed by atoms with Gasteiger partial charge in [-0.15, -0.1) is 0 Å². The van der Waals surface area contributed by atoms with Gasteiger partial charge < -0.3 is 4.42 Å². The molecule has 66 valence electrons. The van der Waals surface area contributed by atoms with Crippen molar-refractivity contribution in [2.24, 2.45) is 0 Å². The van der Waals surface area contributed by atoms with Gasteiger partial charge >= 0.3 is 0 Å². The number of carbonyl (C=O) groups excluding carboxylic acids is 1. The molecule has 13 heavy (non-hydrogen) atoms. The number of nitrogens with zero attached hydrogens (tertiary/aromatic N) is 1. The van der Waals surface area contributed by atoms with Gasteiger partial charge in [0.05, 0.1) is 6.26 Å². The number of aromatic amines is 1. The van der Waals surface area contributed by atoms with Gasteiger partial charge in [-0.1, -0.05) is 0 Å². The fourth-order valence-corrected chi connectivity index (χ4v) is 0.912. The van der Waals surface area contributed by atoms with Gasteiger partial charge in [0.1, 0.15) is 5.69 Å². The molecule has 2 N–H and O–H groups in total. The van der Waals surface area contributed by atoms with E-state index in [0.717, 1.165) is 0 Å². The first-order chi connectivity index (χ1) is 6.36. The minimum Gasteiger partial charge on any atom is -0.449 e. The lowest BCUT2D eigenvalue weighted by molar-refractivity contribution is 0.102. The number of nitrogens with one attached hydrogen (secondary N) is 2. The SMILES string of the molecule is O=C(Nc1ccco1)c1cc[nH]n1. The zero-order valence-electron chi connectivity index (χ0n) is 6.65. The standard InChI is InChI=1S/C8H7N3O2/c12-8(6-3-4-9-11-6)10-7-2-1-5-13-7/h1-5H,(H,9,11)(H,10,12). The molecule has 0 aliphatic rings. The quantitative estimate of drug-likeness (QED) is 0.725. The molecule has 0 saturated heterocycles. The van der Waals surface area contributed by atoms with E-state index in [9.17, 15) is 4.79 Å². The molecule has 0 spiro atoms. The summed E-state index contributed by atoms with van der Waals surface area (Å²) < 4.78 is 4.93. The van der Waals surface area contributed by atoms with Gasteiger partial charge in [0.15, 0.2) is 5.88 Å². The van der Waals surface area contributed by atoms with Crippen LogP contribution in [0.1, 0.15) is 10.5 Å². The van der Waals surface area contributed by atoms with E-state index in [4.69, 9.17) is 4.42 Å². The summed E-state index contributed by atoms with van der Waals surface area (Å²) in [6.07, 6.45) is 3.07. The third kappa shape index (κ3) is 1.58. The fourth-order valence-electron chi connectivity index (χ4n) is 0.912. The normalized spacial score (nSPS) is 9.85. The van der Waals surface area contributed by atoms with Gasteiger partial charge in [-0.05, 0) is 12.1 Å². The monoisotopic (exact) mass is 177 g/mol. The third-order valence-electron chi connectivity index (χ3n) is 1.49. The summed E-state index contributed by atoms with van der Waals surface area (Å²) in [5, 5.41) is 8.80. The lowest BCUT2D eigenvalue weighted by atomic mass is 10.4. The summed E-state index contributed by atoms with van der Waals surface area (Å²) in [7, 11) is 0. The Morgan fingerprint density at radius 1 is 1.54 bits per heavy atom. The first-order valence-electron chi connectivity index (χ1n) is 3.71. The molecule has 0 aromatic carbocycles. The number of H-pyrrole nitrogens is 1. The summed E-state index contributed by atoms with van der Waals surface area (Å²) in [6.45, 7) is 0. The summed E-state index contributed by atoms with van der Waals surface area (Å²) >= 11 is 0. The summed E-state index contributed by atoms with van der Waals surface area (Å²) in [6, 6.07) is 4.93. The van der Waals surface area contributed by atoms with Crippen molar-refractivity contribution in [1.29, 1.82) is 0 Å². The van der Waals surface area contributed by atoms with Gasteiger partial charge in [-0.25, -0.2) is 0 Å². The van der Waals surface area contributed by atoms with Crippen LogP contribution in [0.5, 0.6) is 0 Å². The maximum absolute atomic E-state index is 11.3. The number of aromatic nitrogens is 2. The first kappa shape index (κ1) is 7.60. The highest BCUT2D eigenvalue weighted by molar-refractivity contribution is 6.01. The number of furan rings is 1. The van der Waals surface area contributed by atoms with Crippen molar-refractivity contribution in [2.75, 3.05) is 5.32 Å². The Bertz CT molecular complexity index is 377. The maximum atomic E-state index is 11.3. The number of hydrogen-bond acceptors (Lipinski definition) is 3. The second kappa shape index (κ2) is 3.14. The Morgan fingerprint density at radius 3 is 3.08 bits per heavy atom. The molecule has 1 amide bonds. The molecule has 2 aromatic heterocycles. The topological polar surface area (TPSA) is 70.9 Å². The Hall–Kier alpha value is -2.04. The largest absolute Gasteiger partial charge is 0.449 e. The van der Waals surface area contributed by atoms with Crippen LogP contribution in [-0.2, 0) is 0 Å². The molecule has 0 fully saturated rings. The Kier molecular flexibility index (Phi) is 1.84. The molecule has 0 bridgehead atoms. The van der Waals surface area contributed by atoms with E-state index in [0.29, 0.717) is 11.6 Å². The average Bonchev–Trinajstić information content (AvgIpc) is 2.74. The van der Waals surface area contributed by atoms with Crippen LogP contribution >= 0.6 is 0 Å². The van der Waals surface area contributed by atoms with Crippen molar-refractivity contribution in [2.45, 2.75) is 0 Å². The van der Waals surface area contributed by atoms with Crippen LogP contribution in [0, 0.1) is 0 Å². The van der Waals surface area contributed by atoms with E-state index in [1.165, 1.54) is 6.26 Å². The second-order valence-corrected chi connectivity index (χ2v) is 2.39. The lowest BCUT2D eigenvalue weighted by Gasteiger charge is -1.96. The molecular weight excluding hydrogens is 170 g/mol. The van der Waals surface area contributed by atoms with Crippen molar-refractivity contribution in [3.63, 3.8) is 0 Å². The van der Waals surface area contributed by atoms with Gasteiger partial charge in [-0.3, -0.25) is 15.2 Å². The maximum Gasteiger partial charge on any atom is 0.278 e. The molecule has 5 heteroatoms. The highest BCUT2D eigenvalue weighted by Crippen LogP contribution is 2.07. The predicted octanol–water partition coefficient (Wildman–Crippen LogP) is 1.25. The van der Waals surface area contributed by atoms with Gasteiger partial charge in [0, 0.05) is 12.3 Å². The number of rotatable bonds is 2. The van der Waals surface area contributed by atoms with Crippen molar-refractivity contribution in [3.05, 3.63) is 36.4 Å². The molecule has 2 heterocycles. The van der Waals surface area contributed by atoms with Crippen molar-refractivity contribution < 1.29 is 9.21 Å². The summed E-state index contributed by atoms with van der Waals surface area (Å²) in [4.78, 5) is 11.3. The zero-order valence-corrected chi connectivity index (χ0v) is 6.65. The molecule has 0 atom stereocenters. The first-order valence-corrected chi connectivity index (χ1v) is 3.71. The van der Waals surface area contributed by atoms with Gasteiger partial charge in [0.2, 0.25) is 0 Å². The Labute approximate surface area is 73.8 Å². The number of carbonyl (C=O) groups is 1. The number of anilines is 1. The minimum absolute atomic E-state index is 0.295. The van der Waals surface area contributed by atoms with Crippen LogP contribution in [0.15, 0.2) is 35.1 Å². The molecule has 0 saturated carbocycles. The highest BCUT2D eigenvalue weighted by Gasteiger charge is 2.08. The van der Waals surface area contributed by atoms with Crippen LogP contribution in [-0.4, -0.2) is 16.1 Å². The van der Waals surface area contributed by atoms with Gasteiger partial charge in [0.25, 0.3) is 5.91 Å². The molecular formula is C8H7N3O2. The number of amides is 1. The Morgan fingerprint density at radius 2 is 2.46 bits per heavy atom. The fraction of sp³-hybridized carbons (Fsp3) is 0. The second-order valence-electron chi connectivity index (χ2n) is 2.39. The van der Waals surface area contributed by atoms with Crippen LogP contribution in [0.3, 0.4) is 0 Å². The van der Waals surface area contributed by atoms with Crippen molar-refractivity contribution >= 4 is 11.8 Å². The van der Waals surface area contributed by atoms with E-state index < -0.39 is 0 Å². The molecule has 0 aliphatic carbocycles. The van der Waals surface area contributed by atoms with Crippen LogP contribution in [0.25, 0.3) is 0 Å². The smallest absolute Gasteiger partial charge is 0.278 e. The van der Waals surface area contributed by atoms with Crippen molar-refractivity contribution in [1.82, 2.24) is 10.2 Å². The molecule has 5 nitrogen and oxygen atoms in total. The number of hydrogen-bond donors (Lipinski definition) is 2. The summed E-state index contributed by atoms with van der Waals surface area (Å²) in [5.74, 6) is 0.115. The molecule has 0 radical (unpaired) electrons. The van der Waals surface area contributed by atoms with Crippen LogP contribution < -0.4 is 5.32 Å². The molecule has 2 rings (SSSR count). The lowest BCUT2D eigenvalue weighted by Crippen LogP contribution is -2.11. The average molecular weight is 177 g/mol.